The number of nitrogens with two attached hydrogens (primary N) is 1. The molecule has 1 aliphatic heterocycles. The number of anilines is 1. The first-order valence-electron chi connectivity index (χ1n) is 7.09. The fourth-order valence-corrected chi connectivity index (χ4v) is 3.80. The van der Waals surface area contributed by atoms with Gasteiger partial charge < -0.3 is 5.73 Å². The third-order valence-corrected chi connectivity index (χ3v) is 4.94. The minimum absolute atomic E-state index is 0.241. The lowest BCUT2D eigenvalue weighted by molar-refractivity contribution is 0.282. The van der Waals surface area contributed by atoms with Gasteiger partial charge in [-0.15, -0.1) is 0 Å². The highest BCUT2D eigenvalue weighted by Gasteiger charge is 2.27. The molecule has 5 nitrogen and oxygen atoms in total. The van der Waals surface area contributed by atoms with E-state index in [1.807, 2.05) is 6.07 Å². The highest BCUT2D eigenvalue weighted by atomic mass is 32.2. The van der Waals surface area contributed by atoms with Crippen molar-refractivity contribution < 1.29 is 8.42 Å². The van der Waals surface area contributed by atoms with Crippen molar-refractivity contribution in [1.29, 1.82) is 0 Å². The molecule has 0 spiro atoms. The predicted octanol–water partition coefficient (Wildman–Crippen LogP) is 1.39. The molecule has 1 heterocycles. The van der Waals surface area contributed by atoms with Crippen molar-refractivity contribution in [3.8, 4) is 11.8 Å². The summed E-state index contributed by atoms with van der Waals surface area (Å²) < 4.78 is 29.1. The van der Waals surface area contributed by atoms with Gasteiger partial charge >= 0.3 is 10.2 Å². The summed E-state index contributed by atoms with van der Waals surface area (Å²) in [5, 5.41) is 0. The van der Waals surface area contributed by atoms with Crippen LogP contribution in [0.25, 0.3) is 0 Å². The van der Waals surface area contributed by atoms with E-state index in [0.29, 0.717) is 30.3 Å². The molecule has 21 heavy (non-hydrogen) atoms. The summed E-state index contributed by atoms with van der Waals surface area (Å²) in [6.45, 7) is 3.44. The van der Waals surface area contributed by atoms with Gasteiger partial charge in [0.2, 0.25) is 0 Å². The van der Waals surface area contributed by atoms with Crippen molar-refractivity contribution in [3.05, 3.63) is 29.8 Å². The van der Waals surface area contributed by atoms with Crippen LogP contribution in [0.5, 0.6) is 0 Å². The molecule has 114 valence electrons. The van der Waals surface area contributed by atoms with Gasteiger partial charge in [-0.3, -0.25) is 4.72 Å². The SMILES string of the molecule is CC1CCCN(S(=O)(=O)Nc2ccccc2C#CCN)C1. The Labute approximate surface area is 126 Å². The Morgan fingerprint density at radius 2 is 2.19 bits per heavy atom. The number of piperidine rings is 1. The van der Waals surface area contributed by atoms with Gasteiger partial charge in [-0.05, 0) is 30.9 Å². The molecule has 6 heteroatoms. The van der Waals surface area contributed by atoms with Gasteiger partial charge in [0, 0.05) is 18.7 Å². The number of rotatable bonds is 3. The number of hydrogen-bond donors (Lipinski definition) is 2. The van der Waals surface area contributed by atoms with Gasteiger partial charge in [0.15, 0.2) is 0 Å². The lowest BCUT2D eigenvalue weighted by atomic mass is 10.0. The largest absolute Gasteiger partial charge is 0.320 e. The molecule has 1 unspecified atom stereocenters. The third kappa shape index (κ3) is 4.21. The molecule has 0 bridgehead atoms. The predicted molar refractivity (Wildman–Crippen MR) is 84.9 cm³/mol. The molecule has 1 aliphatic rings. The first kappa shape index (κ1) is 15.8. The molecule has 0 amide bonds. The Balaban J connectivity index is 2.20. The number of benzene rings is 1. The van der Waals surface area contributed by atoms with E-state index in [2.05, 4.69) is 23.5 Å². The Bertz CT molecular complexity index is 646. The van der Waals surface area contributed by atoms with E-state index < -0.39 is 10.2 Å². The number of nitrogens with zero attached hydrogens (tertiary/aromatic N) is 1. The molecule has 1 saturated heterocycles. The highest BCUT2D eigenvalue weighted by molar-refractivity contribution is 7.90. The molecule has 0 aliphatic carbocycles. The summed E-state index contributed by atoms with van der Waals surface area (Å²) >= 11 is 0. The second-order valence-electron chi connectivity index (χ2n) is 5.26. The molecule has 3 N–H and O–H groups in total. The molecule has 1 aromatic carbocycles. The summed E-state index contributed by atoms with van der Waals surface area (Å²) in [4.78, 5) is 0. The van der Waals surface area contributed by atoms with Crippen LogP contribution in [0.2, 0.25) is 0 Å². The second kappa shape index (κ2) is 6.94. The van der Waals surface area contributed by atoms with Gasteiger partial charge in [0.25, 0.3) is 0 Å². The average molecular weight is 307 g/mol. The van der Waals surface area contributed by atoms with Gasteiger partial charge in [0.05, 0.1) is 12.2 Å². The van der Waals surface area contributed by atoms with E-state index >= 15 is 0 Å². The maximum absolute atomic E-state index is 12.5. The van der Waals surface area contributed by atoms with E-state index in [0.717, 1.165) is 12.8 Å². The standard InChI is InChI=1S/C15H21N3O2S/c1-13-6-5-11-18(12-13)21(19,20)17-15-9-3-2-7-14(15)8-4-10-16/h2-3,7,9,13,17H,5-6,10-12,16H2,1H3. The van der Waals surface area contributed by atoms with E-state index in [4.69, 9.17) is 5.73 Å². The minimum Gasteiger partial charge on any atom is -0.320 e. The molecule has 0 aromatic heterocycles. The van der Waals surface area contributed by atoms with Crippen LogP contribution in [-0.2, 0) is 10.2 Å². The normalized spacial score (nSPS) is 19.6. The maximum Gasteiger partial charge on any atom is 0.301 e. The Morgan fingerprint density at radius 1 is 1.43 bits per heavy atom. The first-order valence-corrected chi connectivity index (χ1v) is 8.53. The third-order valence-electron chi connectivity index (χ3n) is 3.45. The van der Waals surface area contributed by atoms with Gasteiger partial charge in [0.1, 0.15) is 0 Å². The average Bonchev–Trinajstić information content (AvgIpc) is 2.46. The van der Waals surface area contributed by atoms with Gasteiger partial charge in [-0.1, -0.05) is 30.9 Å². The summed E-state index contributed by atoms with van der Waals surface area (Å²) in [6.07, 6.45) is 1.97. The molecule has 1 fully saturated rings. The fourth-order valence-electron chi connectivity index (χ4n) is 2.40. The quantitative estimate of drug-likeness (QED) is 0.829. The second-order valence-corrected chi connectivity index (χ2v) is 6.93. The van der Waals surface area contributed by atoms with Crippen LogP contribution >= 0.6 is 0 Å². The van der Waals surface area contributed by atoms with Crippen molar-refractivity contribution in [3.63, 3.8) is 0 Å². The smallest absolute Gasteiger partial charge is 0.301 e. The molecular weight excluding hydrogens is 286 g/mol. The summed E-state index contributed by atoms with van der Waals surface area (Å²) in [6, 6.07) is 7.09. The lowest BCUT2D eigenvalue weighted by Crippen LogP contribution is -2.42. The topological polar surface area (TPSA) is 75.4 Å². The van der Waals surface area contributed by atoms with Crippen LogP contribution in [-0.4, -0.2) is 32.4 Å². The van der Waals surface area contributed by atoms with Gasteiger partial charge in [-0.2, -0.15) is 12.7 Å². The van der Waals surface area contributed by atoms with Crippen LogP contribution in [0.15, 0.2) is 24.3 Å². The Hall–Kier alpha value is -1.55. The Morgan fingerprint density at radius 3 is 2.90 bits per heavy atom. The van der Waals surface area contributed by atoms with Crippen LogP contribution in [0.4, 0.5) is 5.69 Å². The van der Waals surface area contributed by atoms with Crippen molar-refractivity contribution in [2.24, 2.45) is 11.7 Å². The molecule has 0 radical (unpaired) electrons. The fraction of sp³-hybridized carbons (Fsp3) is 0.467. The van der Waals surface area contributed by atoms with Crippen molar-refractivity contribution in [2.75, 3.05) is 24.4 Å². The number of hydrogen-bond acceptors (Lipinski definition) is 3. The highest BCUT2D eigenvalue weighted by Crippen LogP contribution is 2.21. The molecule has 1 aromatic rings. The summed E-state index contributed by atoms with van der Waals surface area (Å²) in [5.74, 6) is 6.02. The zero-order valence-electron chi connectivity index (χ0n) is 12.2. The van der Waals surface area contributed by atoms with E-state index in [1.165, 1.54) is 4.31 Å². The van der Waals surface area contributed by atoms with Crippen LogP contribution < -0.4 is 10.5 Å². The number of nitrogens with one attached hydrogen (secondary N) is 1. The monoisotopic (exact) mass is 307 g/mol. The van der Waals surface area contributed by atoms with E-state index in [-0.39, 0.29) is 6.54 Å². The number of para-hydroxylation sites is 1. The van der Waals surface area contributed by atoms with Crippen molar-refractivity contribution >= 4 is 15.9 Å². The van der Waals surface area contributed by atoms with Crippen LogP contribution in [0.1, 0.15) is 25.3 Å². The van der Waals surface area contributed by atoms with Crippen LogP contribution in [0, 0.1) is 17.8 Å². The van der Waals surface area contributed by atoms with Crippen molar-refractivity contribution in [1.82, 2.24) is 4.31 Å². The zero-order valence-corrected chi connectivity index (χ0v) is 13.0. The Kier molecular flexibility index (Phi) is 5.23. The zero-order chi connectivity index (χ0) is 15.3. The molecule has 2 rings (SSSR count). The van der Waals surface area contributed by atoms with E-state index in [1.54, 1.807) is 18.2 Å². The maximum atomic E-state index is 12.5. The molecular formula is C15H21N3O2S. The molecule has 1 atom stereocenters. The lowest BCUT2D eigenvalue weighted by Gasteiger charge is -2.30. The van der Waals surface area contributed by atoms with E-state index in [9.17, 15) is 8.42 Å². The summed E-state index contributed by atoms with van der Waals surface area (Å²) in [5.41, 5.74) is 6.50. The minimum atomic E-state index is -3.53. The molecule has 0 saturated carbocycles. The summed E-state index contributed by atoms with van der Waals surface area (Å²) in [7, 11) is -3.53. The van der Waals surface area contributed by atoms with Crippen LogP contribution in [0.3, 0.4) is 0 Å². The van der Waals surface area contributed by atoms with Crippen molar-refractivity contribution in [2.45, 2.75) is 19.8 Å². The first-order chi connectivity index (χ1) is 10.0. The van der Waals surface area contributed by atoms with Gasteiger partial charge in [-0.25, -0.2) is 0 Å².